The zero-order chi connectivity index (χ0) is 17.4. The third-order valence-corrected chi connectivity index (χ3v) is 3.82. The molecule has 0 heterocycles. The fraction of sp³-hybridized carbons (Fsp3) is 0.250. The highest BCUT2D eigenvalue weighted by molar-refractivity contribution is 5.89. The number of urea groups is 1. The molecule has 2 amide bonds. The number of nitrogens with zero attached hydrogens (tertiary/aromatic N) is 1. The molecule has 2 rings (SSSR count). The largest absolute Gasteiger partial charge is 0.396 e. The minimum atomic E-state index is -0.214. The minimum Gasteiger partial charge on any atom is -0.396 e. The van der Waals surface area contributed by atoms with E-state index in [-0.39, 0.29) is 18.7 Å². The summed E-state index contributed by atoms with van der Waals surface area (Å²) < 4.78 is 0. The number of terminal acetylenes is 1. The van der Waals surface area contributed by atoms with Crippen LogP contribution in [0.2, 0.25) is 0 Å². The van der Waals surface area contributed by atoms with Gasteiger partial charge in [0.05, 0.1) is 0 Å². The average Bonchev–Trinajstić information content (AvgIpc) is 2.60. The Hall–Kier alpha value is -2.77. The normalized spacial score (nSPS) is 11.4. The lowest BCUT2D eigenvalue weighted by atomic mass is 10.1. The lowest BCUT2D eigenvalue weighted by Gasteiger charge is -2.29. The Morgan fingerprint density at radius 1 is 1.25 bits per heavy atom. The van der Waals surface area contributed by atoms with E-state index < -0.39 is 0 Å². The molecule has 124 valence electrons. The van der Waals surface area contributed by atoms with Gasteiger partial charge in [0.1, 0.15) is 0 Å². The first-order chi connectivity index (χ1) is 11.6. The second kappa shape index (κ2) is 8.76. The molecule has 0 saturated heterocycles. The number of aliphatic hydroxyl groups is 1. The van der Waals surface area contributed by atoms with E-state index in [0.717, 1.165) is 5.56 Å². The predicted octanol–water partition coefficient (Wildman–Crippen LogP) is 3.47. The van der Waals surface area contributed by atoms with Crippen LogP contribution in [0.5, 0.6) is 0 Å². The number of carbonyl (C=O) groups is 1. The zero-order valence-corrected chi connectivity index (χ0v) is 13.8. The molecule has 0 fully saturated rings. The van der Waals surface area contributed by atoms with E-state index in [2.05, 4.69) is 11.2 Å². The van der Waals surface area contributed by atoms with Crippen LogP contribution in [0.15, 0.2) is 54.6 Å². The molecule has 24 heavy (non-hydrogen) atoms. The van der Waals surface area contributed by atoms with Crippen LogP contribution in [0.3, 0.4) is 0 Å². The van der Waals surface area contributed by atoms with Gasteiger partial charge in [-0.2, -0.15) is 0 Å². The summed E-state index contributed by atoms with van der Waals surface area (Å²) in [6.07, 6.45) is 5.92. The molecule has 1 atom stereocenters. The maximum Gasteiger partial charge on any atom is 0.322 e. The van der Waals surface area contributed by atoms with Gasteiger partial charge in [0, 0.05) is 30.4 Å². The van der Waals surface area contributed by atoms with Crippen molar-refractivity contribution >= 4 is 11.7 Å². The number of nitrogens with one attached hydrogen (secondary N) is 1. The predicted molar refractivity (Wildman–Crippen MR) is 96.5 cm³/mol. The van der Waals surface area contributed by atoms with Crippen LogP contribution in [0, 0.1) is 12.3 Å². The lowest BCUT2D eigenvalue weighted by molar-refractivity contribution is 0.169. The quantitative estimate of drug-likeness (QED) is 0.800. The average molecular weight is 322 g/mol. The SMILES string of the molecule is C#Cc1cccc(NC(=O)N(Cc2ccccc2)C(C)CCO)c1. The van der Waals surface area contributed by atoms with Crippen molar-refractivity contribution < 1.29 is 9.90 Å². The van der Waals surface area contributed by atoms with E-state index >= 15 is 0 Å². The zero-order valence-electron chi connectivity index (χ0n) is 13.8. The standard InChI is InChI=1S/C20H22N2O2/c1-3-17-10-7-11-19(14-17)21-20(24)22(16(2)12-13-23)15-18-8-5-4-6-9-18/h1,4-11,14,16,23H,12-13,15H2,2H3,(H,21,24). The maximum absolute atomic E-state index is 12.7. The van der Waals surface area contributed by atoms with Gasteiger partial charge in [0.2, 0.25) is 0 Å². The fourth-order valence-corrected chi connectivity index (χ4v) is 2.43. The summed E-state index contributed by atoms with van der Waals surface area (Å²) in [7, 11) is 0. The van der Waals surface area contributed by atoms with Crippen molar-refractivity contribution in [2.75, 3.05) is 11.9 Å². The molecule has 0 bridgehead atoms. The first-order valence-corrected chi connectivity index (χ1v) is 7.93. The molecule has 0 spiro atoms. The van der Waals surface area contributed by atoms with Crippen LogP contribution in [-0.2, 0) is 6.54 Å². The third-order valence-electron chi connectivity index (χ3n) is 3.82. The van der Waals surface area contributed by atoms with Gasteiger partial charge in [0.15, 0.2) is 0 Å². The summed E-state index contributed by atoms with van der Waals surface area (Å²) in [5, 5.41) is 12.1. The van der Waals surface area contributed by atoms with Crippen LogP contribution in [-0.4, -0.2) is 28.7 Å². The molecule has 1 unspecified atom stereocenters. The molecular weight excluding hydrogens is 300 g/mol. The molecule has 2 aromatic rings. The van der Waals surface area contributed by atoms with Crippen molar-refractivity contribution in [1.82, 2.24) is 4.90 Å². The van der Waals surface area contributed by atoms with Crippen molar-refractivity contribution in [3.63, 3.8) is 0 Å². The Labute approximate surface area is 143 Å². The molecule has 0 aliphatic carbocycles. The Morgan fingerprint density at radius 3 is 2.67 bits per heavy atom. The number of hydrogen-bond acceptors (Lipinski definition) is 2. The van der Waals surface area contributed by atoms with Crippen molar-refractivity contribution in [3.8, 4) is 12.3 Å². The first kappa shape index (κ1) is 17.6. The van der Waals surface area contributed by atoms with Gasteiger partial charge in [-0.1, -0.05) is 42.3 Å². The summed E-state index contributed by atoms with van der Waals surface area (Å²) in [6.45, 7) is 2.44. The summed E-state index contributed by atoms with van der Waals surface area (Å²) in [5.74, 6) is 2.55. The van der Waals surface area contributed by atoms with Gasteiger partial charge < -0.3 is 15.3 Å². The lowest BCUT2D eigenvalue weighted by Crippen LogP contribution is -2.41. The Bertz CT molecular complexity index is 707. The molecule has 0 radical (unpaired) electrons. The van der Waals surface area contributed by atoms with Crippen LogP contribution >= 0.6 is 0 Å². The van der Waals surface area contributed by atoms with E-state index in [1.54, 1.807) is 17.0 Å². The molecule has 0 aliphatic heterocycles. The van der Waals surface area contributed by atoms with Crippen molar-refractivity contribution in [2.24, 2.45) is 0 Å². The highest BCUT2D eigenvalue weighted by Crippen LogP contribution is 2.15. The molecule has 0 aromatic heterocycles. The summed E-state index contributed by atoms with van der Waals surface area (Å²) >= 11 is 0. The number of rotatable bonds is 6. The van der Waals surface area contributed by atoms with Crippen LogP contribution < -0.4 is 5.32 Å². The molecule has 0 saturated carbocycles. The van der Waals surface area contributed by atoms with E-state index in [9.17, 15) is 9.90 Å². The number of amides is 2. The van der Waals surface area contributed by atoms with Crippen LogP contribution in [0.1, 0.15) is 24.5 Å². The third kappa shape index (κ3) is 4.87. The molecule has 2 aromatic carbocycles. The van der Waals surface area contributed by atoms with E-state index in [0.29, 0.717) is 24.2 Å². The number of aliphatic hydroxyl groups excluding tert-OH is 1. The summed E-state index contributed by atoms with van der Waals surface area (Å²) in [5.41, 5.74) is 2.41. The van der Waals surface area contributed by atoms with Gasteiger partial charge in [-0.05, 0) is 37.1 Å². The number of anilines is 1. The van der Waals surface area contributed by atoms with Gasteiger partial charge in [-0.3, -0.25) is 0 Å². The van der Waals surface area contributed by atoms with Crippen molar-refractivity contribution in [1.29, 1.82) is 0 Å². The highest BCUT2D eigenvalue weighted by atomic mass is 16.3. The monoisotopic (exact) mass is 322 g/mol. The molecular formula is C20H22N2O2. The van der Waals surface area contributed by atoms with Crippen molar-refractivity contribution in [2.45, 2.75) is 25.9 Å². The maximum atomic E-state index is 12.7. The van der Waals surface area contributed by atoms with Crippen molar-refractivity contribution in [3.05, 3.63) is 65.7 Å². The number of carbonyl (C=O) groups excluding carboxylic acids is 1. The second-order valence-electron chi connectivity index (χ2n) is 5.63. The molecule has 0 aliphatic rings. The summed E-state index contributed by atoms with van der Waals surface area (Å²) in [6, 6.07) is 16.7. The second-order valence-corrected chi connectivity index (χ2v) is 5.63. The minimum absolute atomic E-state index is 0.0340. The molecule has 2 N–H and O–H groups in total. The highest BCUT2D eigenvalue weighted by Gasteiger charge is 2.20. The van der Waals surface area contributed by atoms with Crippen LogP contribution in [0.25, 0.3) is 0 Å². The summed E-state index contributed by atoms with van der Waals surface area (Å²) in [4.78, 5) is 14.4. The van der Waals surface area contributed by atoms with Gasteiger partial charge in [-0.25, -0.2) is 4.79 Å². The Kier molecular flexibility index (Phi) is 6.41. The van der Waals surface area contributed by atoms with Crippen LogP contribution in [0.4, 0.5) is 10.5 Å². The van der Waals surface area contributed by atoms with Gasteiger partial charge in [-0.15, -0.1) is 6.42 Å². The van der Waals surface area contributed by atoms with E-state index in [4.69, 9.17) is 6.42 Å². The Balaban J connectivity index is 2.15. The molecule has 4 nitrogen and oxygen atoms in total. The number of hydrogen-bond donors (Lipinski definition) is 2. The fourth-order valence-electron chi connectivity index (χ4n) is 2.43. The molecule has 4 heteroatoms. The van der Waals surface area contributed by atoms with Gasteiger partial charge in [0.25, 0.3) is 0 Å². The van der Waals surface area contributed by atoms with E-state index in [1.807, 2.05) is 49.4 Å². The Morgan fingerprint density at radius 2 is 2.00 bits per heavy atom. The first-order valence-electron chi connectivity index (χ1n) is 7.93. The van der Waals surface area contributed by atoms with Gasteiger partial charge >= 0.3 is 6.03 Å². The number of benzene rings is 2. The smallest absolute Gasteiger partial charge is 0.322 e. The van der Waals surface area contributed by atoms with E-state index in [1.165, 1.54) is 0 Å². The topological polar surface area (TPSA) is 52.6 Å².